The van der Waals surface area contributed by atoms with Gasteiger partial charge in [0.2, 0.25) is 0 Å². The van der Waals surface area contributed by atoms with Crippen LogP contribution < -0.4 is 0 Å². The molecule has 2 heteroatoms. The lowest BCUT2D eigenvalue weighted by Crippen LogP contribution is -1.83. The molecule has 0 fully saturated rings. The van der Waals surface area contributed by atoms with Gasteiger partial charge < -0.3 is 0 Å². The monoisotopic (exact) mass is 224 g/mol. The average molecular weight is 225 g/mol. The highest BCUT2D eigenvalue weighted by molar-refractivity contribution is 9.09. The van der Waals surface area contributed by atoms with Crippen LogP contribution in [0.1, 0.15) is 12.0 Å². The minimum atomic E-state index is 0. The number of halogens is 1. The van der Waals surface area contributed by atoms with E-state index in [2.05, 4.69) is 46.3 Å². The summed E-state index contributed by atoms with van der Waals surface area (Å²) in [7, 11) is 0. The smallest absolute Gasteiger partial charge is 0.0928 e. The van der Waals surface area contributed by atoms with E-state index in [1.54, 1.807) is 0 Å². The first-order chi connectivity index (χ1) is 4.93. The molecular formula is C9H13BrMg. The number of aryl methyl sites for hydroxylation is 1. The standard InChI is InChI=1S/C9H11Br.Mg.2H/c10-8-4-7-9-5-2-1-3-6-9;;;/h1-3,5-6H,4,7-8H2;;;. The van der Waals surface area contributed by atoms with Crippen LogP contribution in [0, 0.1) is 0 Å². The quantitative estimate of drug-likeness (QED) is 0.546. The van der Waals surface area contributed by atoms with E-state index in [1.165, 1.54) is 18.4 Å². The van der Waals surface area contributed by atoms with Gasteiger partial charge in [0.25, 0.3) is 0 Å². The molecule has 0 atom stereocenters. The van der Waals surface area contributed by atoms with Crippen molar-refractivity contribution in [2.45, 2.75) is 12.8 Å². The minimum absolute atomic E-state index is 0. The molecule has 1 rings (SSSR count). The normalized spacial score (nSPS) is 8.82. The number of hydrogen-bond donors (Lipinski definition) is 0. The Hall–Kier alpha value is 0.466. The van der Waals surface area contributed by atoms with E-state index in [0.29, 0.717) is 0 Å². The third-order valence-electron chi connectivity index (χ3n) is 1.44. The van der Waals surface area contributed by atoms with Gasteiger partial charge in [-0.3, -0.25) is 0 Å². The summed E-state index contributed by atoms with van der Waals surface area (Å²) < 4.78 is 0. The molecule has 0 bridgehead atoms. The van der Waals surface area contributed by atoms with E-state index >= 15 is 0 Å². The summed E-state index contributed by atoms with van der Waals surface area (Å²) in [6.07, 6.45) is 2.41. The maximum Gasteiger partial charge on any atom is 0.316 e. The highest BCUT2D eigenvalue weighted by Crippen LogP contribution is 2.02. The molecule has 1 aromatic carbocycles. The van der Waals surface area contributed by atoms with Crippen molar-refractivity contribution in [2.24, 2.45) is 0 Å². The van der Waals surface area contributed by atoms with Gasteiger partial charge in [-0.05, 0) is 18.4 Å². The first-order valence-electron chi connectivity index (χ1n) is 3.53. The molecule has 58 valence electrons. The van der Waals surface area contributed by atoms with Gasteiger partial charge in [-0.25, -0.2) is 0 Å². The average Bonchev–Trinajstić information content (AvgIpc) is 2.03. The molecule has 0 amide bonds. The van der Waals surface area contributed by atoms with E-state index < -0.39 is 0 Å². The molecule has 0 N–H and O–H groups in total. The largest absolute Gasteiger partial charge is 0.316 e. The first-order valence-corrected chi connectivity index (χ1v) is 4.65. The fourth-order valence-electron chi connectivity index (χ4n) is 0.916. The zero-order valence-corrected chi connectivity index (χ0v) is 7.47. The van der Waals surface area contributed by atoms with E-state index in [4.69, 9.17) is 0 Å². The van der Waals surface area contributed by atoms with Crippen LogP contribution >= 0.6 is 15.9 Å². The molecule has 0 aliphatic carbocycles. The minimum Gasteiger partial charge on any atom is -0.0928 e. The highest BCUT2D eigenvalue weighted by Gasteiger charge is 1.87. The number of rotatable bonds is 3. The molecule has 0 spiro atoms. The Labute approximate surface area is 92.7 Å². The fraction of sp³-hybridized carbons (Fsp3) is 0.333. The van der Waals surface area contributed by atoms with Gasteiger partial charge in [0.05, 0.1) is 0 Å². The van der Waals surface area contributed by atoms with Gasteiger partial charge in [-0.1, -0.05) is 46.3 Å². The Kier molecular flexibility index (Phi) is 7.44. The highest BCUT2D eigenvalue weighted by atomic mass is 79.9. The topological polar surface area (TPSA) is 0 Å². The first kappa shape index (κ1) is 11.5. The lowest BCUT2D eigenvalue weighted by atomic mass is 10.1. The predicted octanol–water partition coefficient (Wildman–Crippen LogP) is 2.10. The predicted molar refractivity (Wildman–Crippen MR) is 57.1 cm³/mol. The maximum absolute atomic E-state index is 3.41. The molecule has 11 heavy (non-hydrogen) atoms. The van der Waals surface area contributed by atoms with Crippen LogP contribution in [0.15, 0.2) is 30.3 Å². The van der Waals surface area contributed by atoms with Crippen molar-refractivity contribution in [2.75, 3.05) is 5.33 Å². The molecule has 0 heterocycles. The van der Waals surface area contributed by atoms with Crippen LogP contribution in [0.2, 0.25) is 0 Å². The molecule has 1 aromatic rings. The molecule has 0 saturated heterocycles. The molecule has 0 radical (unpaired) electrons. The zero-order chi connectivity index (χ0) is 7.23. The Morgan fingerprint density at radius 2 is 1.73 bits per heavy atom. The van der Waals surface area contributed by atoms with Crippen LogP contribution in [0.3, 0.4) is 0 Å². The summed E-state index contributed by atoms with van der Waals surface area (Å²) in [6, 6.07) is 10.6. The van der Waals surface area contributed by atoms with Crippen LogP contribution in [0.25, 0.3) is 0 Å². The summed E-state index contributed by atoms with van der Waals surface area (Å²) in [6.45, 7) is 0. The van der Waals surface area contributed by atoms with Gasteiger partial charge in [0, 0.05) is 5.33 Å². The van der Waals surface area contributed by atoms with Crippen LogP contribution in [-0.4, -0.2) is 28.4 Å². The summed E-state index contributed by atoms with van der Waals surface area (Å²) in [4.78, 5) is 0. The second kappa shape index (κ2) is 7.13. The molecule has 0 aliphatic heterocycles. The number of hydrogen-bond acceptors (Lipinski definition) is 0. The summed E-state index contributed by atoms with van der Waals surface area (Å²) in [5, 5.41) is 1.10. The summed E-state index contributed by atoms with van der Waals surface area (Å²) in [5.74, 6) is 0. The number of alkyl halides is 1. The molecule has 0 saturated carbocycles. The Morgan fingerprint density at radius 1 is 1.09 bits per heavy atom. The maximum atomic E-state index is 3.41. The second-order valence-electron chi connectivity index (χ2n) is 2.28. The fourth-order valence-corrected chi connectivity index (χ4v) is 1.20. The van der Waals surface area contributed by atoms with Crippen molar-refractivity contribution >= 4 is 39.0 Å². The van der Waals surface area contributed by atoms with E-state index in [1.807, 2.05) is 0 Å². The van der Waals surface area contributed by atoms with Gasteiger partial charge >= 0.3 is 23.1 Å². The lowest BCUT2D eigenvalue weighted by Gasteiger charge is -1.95. The van der Waals surface area contributed by atoms with Gasteiger partial charge in [0.1, 0.15) is 0 Å². The molecule has 0 unspecified atom stereocenters. The third kappa shape index (κ3) is 4.83. The van der Waals surface area contributed by atoms with Crippen molar-refractivity contribution < 1.29 is 0 Å². The van der Waals surface area contributed by atoms with Crippen LogP contribution in [0.5, 0.6) is 0 Å². The molecular weight excluding hydrogens is 212 g/mol. The Balaban J connectivity index is 0.000001000. The Morgan fingerprint density at radius 3 is 2.27 bits per heavy atom. The van der Waals surface area contributed by atoms with Crippen LogP contribution in [0.4, 0.5) is 0 Å². The van der Waals surface area contributed by atoms with Crippen LogP contribution in [-0.2, 0) is 6.42 Å². The van der Waals surface area contributed by atoms with Crippen molar-refractivity contribution in [3.8, 4) is 0 Å². The number of benzene rings is 1. The van der Waals surface area contributed by atoms with Gasteiger partial charge in [0.15, 0.2) is 0 Å². The summed E-state index contributed by atoms with van der Waals surface area (Å²) in [5.41, 5.74) is 1.43. The van der Waals surface area contributed by atoms with Crippen molar-refractivity contribution in [3.05, 3.63) is 35.9 Å². The van der Waals surface area contributed by atoms with E-state index in [-0.39, 0.29) is 23.1 Å². The zero-order valence-electron chi connectivity index (χ0n) is 5.89. The lowest BCUT2D eigenvalue weighted by molar-refractivity contribution is 0.940. The second-order valence-corrected chi connectivity index (χ2v) is 3.07. The Bertz CT molecular complexity index is 174. The van der Waals surface area contributed by atoms with Gasteiger partial charge in [-0.2, -0.15) is 0 Å². The van der Waals surface area contributed by atoms with Crippen molar-refractivity contribution in [1.82, 2.24) is 0 Å². The van der Waals surface area contributed by atoms with E-state index in [9.17, 15) is 0 Å². The molecule has 0 nitrogen and oxygen atoms in total. The SMILES string of the molecule is BrCCCc1ccccc1.[MgH2]. The van der Waals surface area contributed by atoms with Gasteiger partial charge in [-0.15, -0.1) is 0 Å². The summed E-state index contributed by atoms with van der Waals surface area (Å²) >= 11 is 3.41. The van der Waals surface area contributed by atoms with Crippen molar-refractivity contribution in [3.63, 3.8) is 0 Å². The van der Waals surface area contributed by atoms with E-state index in [0.717, 1.165) is 5.33 Å². The third-order valence-corrected chi connectivity index (χ3v) is 2.00. The molecule has 0 aromatic heterocycles. The molecule has 0 aliphatic rings. The van der Waals surface area contributed by atoms with Crippen molar-refractivity contribution in [1.29, 1.82) is 0 Å².